The molecule has 0 aromatic heterocycles. The number of nitrogens with one attached hydrogen (secondary N) is 1. The normalized spacial score (nSPS) is 24.3. The lowest BCUT2D eigenvalue weighted by Crippen LogP contribution is -2.35. The van der Waals surface area contributed by atoms with Crippen LogP contribution in [-0.2, 0) is 0 Å². The van der Waals surface area contributed by atoms with Crippen LogP contribution in [0.25, 0.3) is 0 Å². The van der Waals surface area contributed by atoms with Gasteiger partial charge in [0.05, 0.1) is 7.11 Å². The van der Waals surface area contributed by atoms with Crippen molar-refractivity contribution in [2.45, 2.75) is 51.5 Å². The third-order valence-corrected chi connectivity index (χ3v) is 4.01. The van der Waals surface area contributed by atoms with Crippen molar-refractivity contribution in [2.75, 3.05) is 13.7 Å². The molecule has 1 aromatic rings. The number of rotatable bonds is 3. The summed E-state index contributed by atoms with van der Waals surface area (Å²) >= 11 is 0. The van der Waals surface area contributed by atoms with Gasteiger partial charge in [-0.3, -0.25) is 0 Å². The van der Waals surface area contributed by atoms with E-state index < -0.39 is 0 Å². The minimum Gasteiger partial charge on any atom is -0.496 e. The maximum Gasteiger partial charge on any atom is 0.122 e. The van der Waals surface area contributed by atoms with Gasteiger partial charge in [0.15, 0.2) is 0 Å². The molecular formula is C16H25NO. The second kappa shape index (κ2) is 5.75. The van der Waals surface area contributed by atoms with Gasteiger partial charge in [0.2, 0.25) is 0 Å². The van der Waals surface area contributed by atoms with E-state index in [1.54, 1.807) is 7.11 Å². The van der Waals surface area contributed by atoms with E-state index in [9.17, 15) is 0 Å². The smallest absolute Gasteiger partial charge is 0.122 e. The first-order valence-electron chi connectivity index (χ1n) is 7.03. The molecule has 2 atom stereocenters. The molecule has 18 heavy (non-hydrogen) atoms. The van der Waals surface area contributed by atoms with Crippen molar-refractivity contribution >= 4 is 0 Å². The van der Waals surface area contributed by atoms with Gasteiger partial charge in [-0.2, -0.15) is 0 Å². The summed E-state index contributed by atoms with van der Waals surface area (Å²) in [6, 6.07) is 7.37. The summed E-state index contributed by atoms with van der Waals surface area (Å²) in [5.74, 6) is 2.19. The van der Waals surface area contributed by atoms with E-state index in [2.05, 4.69) is 44.3 Å². The Morgan fingerprint density at radius 1 is 1.28 bits per heavy atom. The van der Waals surface area contributed by atoms with Gasteiger partial charge in [0, 0.05) is 12.6 Å². The van der Waals surface area contributed by atoms with Crippen LogP contribution in [0.3, 0.4) is 0 Å². The average molecular weight is 247 g/mol. The summed E-state index contributed by atoms with van der Waals surface area (Å²) in [5, 5.41) is 3.58. The van der Waals surface area contributed by atoms with Gasteiger partial charge in [-0.15, -0.1) is 0 Å². The summed E-state index contributed by atoms with van der Waals surface area (Å²) in [6.45, 7) is 7.82. The molecule has 1 aliphatic rings. The second-order valence-corrected chi connectivity index (χ2v) is 5.74. The molecule has 0 amide bonds. The maximum absolute atomic E-state index is 5.45. The van der Waals surface area contributed by atoms with Crippen LogP contribution in [0.15, 0.2) is 18.2 Å². The lowest BCUT2D eigenvalue weighted by Gasteiger charge is -2.28. The van der Waals surface area contributed by atoms with E-state index in [-0.39, 0.29) is 0 Å². The van der Waals surface area contributed by atoms with Gasteiger partial charge in [0.1, 0.15) is 5.75 Å². The zero-order chi connectivity index (χ0) is 13.1. The lowest BCUT2D eigenvalue weighted by molar-refractivity contribution is 0.383. The van der Waals surface area contributed by atoms with Gasteiger partial charge < -0.3 is 10.1 Å². The number of hydrogen-bond donors (Lipinski definition) is 1. The lowest BCUT2D eigenvalue weighted by atomic mass is 9.87. The van der Waals surface area contributed by atoms with Crippen molar-refractivity contribution < 1.29 is 4.74 Å². The van der Waals surface area contributed by atoms with Crippen LogP contribution in [-0.4, -0.2) is 19.7 Å². The van der Waals surface area contributed by atoms with Crippen LogP contribution in [0.2, 0.25) is 0 Å². The highest BCUT2D eigenvalue weighted by atomic mass is 16.5. The maximum atomic E-state index is 5.45. The molecular weight excluding hydrogens is 222 g/mol. The van der Waals surface area contributed by atoms with Crippen molar-refractivity contribution in [2.24, 2.45) is 0 Å². The van der Waals surface area contributed by atoms with Gasteiger partial charge in [-0.05, 0) is 48.8 Å². The molecule has 100 valence electrons. The van der Waals surface area contributed by atoms with E-state index in [1.807, 2.05) is 0 Å². The summed E-state index contributed by atoms with van der Waals surface area (Å²) in [6.07, 6.45) is 2.56. The minimum absolute atomic E-state index is 0.510. The van der Waals surface area contributed by atoms with Crippen LogP contribution < -0.4 is 10.1 Å². The predicted octanol–water partition coefficient (Wildman–Crippen LogP) is 3.67. The molecule has 0 bridgehead atoms. The Balaban J connectivity index is 2.21. The fraction of sp³-hybridized carbons (Fsp3) is 0.625. The van der Waals surface area contributed by atoms with Crippen molar-refractivity contribution in [3.8, 4) is 5.75 Å². The Morgan fingerprint density at radius 2 is 2.06 bits per heavy atom. The molecule has 1 heterocycles. The number of piperidine rings is 1. The highest BCUT2D eigenvalue weighted by Crippen LogP contribution is 2.32. The molecule has 2 nitrogen and oxygen atoms in total. The van der Waals surface area contributed by atoms with Crippen molar-refractivity contribution in [1.29, 1.82) is 0 Å². The molecule has 1 aliphatic heterocycles. The minimum atomic E-state index is 0.510. The molecule has 1 aromatic carbocycles. The fourth-order valence-electron chi connectivity index (χ4n) is 2.74. The van der Waals surface area contributed by atoms with Crippen molar-refractivity contribution in [1.82, 2.24) is 5.32 Å². The molecule has 1 fully saturated rings. The Kier molecular flexibility index (Phi) is 4.28. The first kappa shape index (κ1) is 13.4. The number of methoxy groups -OCH3 is 1. The molecule has 2 heteroatoms. The van der Waals surface area contributed by atoms with Crippen LogP contribution in [0.1, 0.15) is 56.6 Å². The van der Waals surface area contributed by atoms with Crippen LogP contribution in [0.5, 0.6) is 5.75 Å². The van der Waals surface area contributed by atoms with Crippen molar-refractivity contribution in [3.63, 3.8) is 0 Å². The monoisotopic (exact) mass is 247 g/mol. The molecule has 0 aliphatic carbocycles. The molecule has 2 unspecified atom stereocenters. The third kappa shape index (κ3) is 2.86. The fourth-order valence-corrected chi connectivity index (χ4v) is 2.74. The standard InChI is InChI=1S/C16H25NO/c1-11(2)15-9-13(7-8-16(15)18-4)14-6-5-12(3)17-10-14/h7-9,11-12,14,17H,5-6,10H2,1-4H3. The van der Waals surface area contributed by atoms with E-state index in [0.29, 0.717) is 17.9 Å². The van der Waals surface area contributed by atoms with E-state index >= 15 is 0 Å². The first-order chi connectivity index (χ1) is 8.61. The highest BCUT2D eigenvalue weighted by molar-refractivity contribution is 5.40. The number of ether oxygens (including phenoxy) is 1. The molecule has 0 radical (unpaired) electrons. The Hall–Kier alpha value is -1.02. The van der Waals surface area contributed by atoms with Crippen LogP contribution >= 0.6 is 0 Å². The summed E-state index contributed by atoms with van der Waals surface area (Å²) in [5.41, 5.74) is 2.78. The quantitative estimate of drug-likeness (QED) is 0.880. The zero-order valence-electron chi connectivity index (χ0n) is 12.0. The highest BCUT2D eigenvalue weighted by Gasteiger charge is 2.20. The third-order valence-electron chi connectivity index (χ3n) is 4.01. The van der Waals surface area contributed by atoms with E-state index in [4.69, 9.17) is 4.74 Å². The topological polar surface area (TPSA) is 21.3 Å². The molecule has 1 N–H and O–H groups in total. The average Bonchev–Trinajstić information content (AvgIpc) is 2.39. The van der Waals surface area contributed by atoms with Gasteiger partial charge >= 0.3 is 0 Å². The van der Waals surface area contributed by atoms with Gasteiger partial charge in [-0.25, -0.2) is 0 Å². The number of hydrogen-bond acceptors (Lipinski definition) is 2. The summed E-state index contributed by atoms with van der Waals surface area (Å²) < 4.78 is 5.45. The Bertz CT molecular complexity index is 392. The largest absolute Gasteiger partial charge is 0.496 e. The molecule has 1 saturated heterocycles. The molecule has 0 spiro atoms. The summed E-state index contributed by atoms with van der Waals surface area (Å²) in [7, 11) is 1.75. The van der Waals surface area contributed by atoms with Gasteiger partial charge in [-0.1, -0.05) is 26.0 Å². The number of benzene rings is 1. The summed E-state index contributed by atoms with van der Waals surface area (Å²) in [4.78, 5) is 0. The Labute approximate surface area is 111 Å². The SMILES string of the molecule is COc1ccc(C2CCC(C)NC2)cc1C(C)C. The first-order valence-corrected chi connectivity index (χ1v) is 7.03. The molecule has 2 rings (SSSR count). The van der Waals surface area contributed by atoms with Crippen LogP contribution in [0, 0.1) is 0 Å². The van der Waals surface area contributed by atoms with Gasteiger partial charge in [0.25, 0.3) is 0 Å². The second-order valence-electron chi connectivity index (χ2n) is 5.74. The Morgan fingerprint density at radius 3 is 2.61 bits per heavy atom. The van der Waals surface area contributed by atoms with E-state index in [0.717, 1.165) is 12.3 Å². The zero-order valence-corrected chi connectivity index (χ0v) is 12.0. The molecule has 0 saturated carbocycles. The van der Waals surface area contributed by atoms with E-state index in [1.165, 1.54) is 24.0 Å². The van der Waals surface area contributed by atoms with Crippen molar-refractivity contribution in [3.05, 3.63) is 29.3 Å². The predicted molar refractivity (Wildman–Crippen MR) is 76.5 cm³/mol. The van der Waals surface area contributed by atoms with Crippen LogP contribution in [0.4, 0.5) is 0 Å².